The summed E-state index contributed by atoms with van der Waals surface area (Å²) in [7, 11) is -2.68. The van der Waals surface area contributed by atoms with Crippen molar-refractivity contribution >= 4 is 41.2 Å². The molecule has 0 saturated carbocycles. The molecular formula is C32H35NO2S2Se. The maximum absolute atomic E-state index is 13.9. The Morgan fingerprint density at radius 2 is 1.26 bits per heavy atom. The van der Waals surface area contributed by atoms with Crippen LogP contribution in [0.25, 0.3) is 0 Å². The second-order valence-electron chi connectivity index (χ2n) is 9.91. The molecule has 0 spiro atoms. The fraction of sp³-hybridized carbons (Fsp3) is 0.250. The molecule has 0 unspecified atom stereocenters. The summed E-state index contributed by atoms with van der Waals surface area (Å²) >= 11 is 0.0128. The van der Waals surface area contributed by atoms with Crippen molar-refractivity contribution in [2.75, 3.05) is 0 Å². The van der Waals surface area contributed by atoms with Crippen molar-refractivity contribution in [3.63, 3.8) is 0 Å². The van der Waals surface area contributed by atoms with Gasteiger partial charge < -0.3 is 0 Å². The van der Waals surface area contributed by atoms with Crippen LogP contribution in [0.15, 0.2) is 118 Å². The molecule has 0 aliphatic rings. The molecule has 1 N–H and O–H groups in total. The molecule has 0 bridgehead atoms. The molecule has 0 amide bonds. The molecule has 0 aliphatic carbocycles. The summed E-state index contributed by atoms with van der Waals surface area (Å²) in [5.74, 6) is 0.395. The van der Waals surface area contributed by atoms with E-state index in [2.05, 4.69) is 48.9 Å². The Hall–Kier alpha value is -2.34. The second-order valence-corrected chi connectivity index (χ2v) is 15.1. The average molecular weight is 609 g/mol. The van der Waals surface area contributed by atoms with Crippen molar-refractivity contribution < 1.29 is 8.42 Å². The van der Waals surface area contributed by atoms with Gasteiger partial charge in [0.05, 0.1) is 0 Å². The third kappa shape index (κ3) is 7.62. The van der Waals surface area contributed by atoms with E-state index >= 15 is 0 Å². The van der Waals surface area contributed by atoms with Gasteiger partial charge in [0.1, 0.15) is 0 Å². The second kappa shape index (κ2) is 13.6. The molecule has 0 fully saturated rings. The van der Waals surface area contributed by atoms with E-state index in [-0.39, 0.29) is 25.8 Å². The van der Waals surface area contributed by atoms with E-state index < -0.39 is 21.8 Å². The van der Waals surface area contributed by atoms with Crippen LogP contribution in [-0.4, -0.2) is 29.4 Å². The van der Waals surface area contributed by atoms with Crippen LogP contribution in [-0.2, 0) is 21.8 Å². The number of benzene rings is 4. The molecule has 0 saturated heterocycles. The molecule has 38 heavy (non-hydrogen) atoms. The normalized spacial score (nSPS) is 14.7. The van der Waals surface area contributed by atoms with Gasteiger partial charge in [0.25, 0.3) is 0 Å². The van der Waals surface area contributed by atoms with Crippen molar-refractivity contribution in [1.29, 1.82) is 0 Å². The standard InChI is InChI=1S/C32H35NO2S2Se/c1-23(2)22-30(33-37(35)27-20-16-25(4)17-21-27)32(38-28-10-6-5-7-11-28)29-12-8-9-13-31(29)36(34)26-18-14-24(3)15-19-26/h5-21,23,30,32-33H,22H2,1-4H3/t30-,32-,36-,37-/m0/s1. The van der Waals surface area contributed by atoms with Gasteiger partial charge in [-0.05, 0) is 0 Å². The van der Waals surface area contributed by atoms with Gasteiger partial charge in [-0.3, -0.25) is 0 Å². The molecule has 0 aliphatic heterocycles. The summed E-state index contributed by atoms with van der Waals surface area (Å²) in [6.07, 6.45) is 0.850. The fourth-order valence-corrected chi connectivity index (χ4v) is 9.62. The Balaban J connectivity index is 1.77. The topological polar surface area (TPSA) is 46.2 Å². The first-order valence-electron chi connectivity index (χ1n) is 12.9. The number of hydrogen-bond acceptors (Lipinski definition) is 2. The number of rotatable bonds is 11. The summed E-state index contributed by atoms with van der Waals surface area (Å²) in [5, 5.41) is 0. The Bertz CT molecular complexity index is 1370. The van der Waals surface area contributed by atoms with Crippen molar-refractivity contribution in [3.05, 3.63) is 120 Å². The molecule has 4 atom stereocenters. The maximum atomic E-state index is 13.9. The molecule has 0 radical (unpaired) electrons. The average Bonchev–Trinajstić information content (AvgIpc) is 2.92. The van der Waals surface area contributed by atoms with Gasteiger partial charge in [0, 0.05) is 0 Å². The zero-order valence-electron chi connectivity index (χ0n) is 22.3. The van der Waals surface area contributed by atoms with Gasteiger partial charge >= 0.3 is 240 Å². The van der Waals surface area contributed by atoms with E-state index in [4.69, 9.17) is 0 Å². The van der Waals surface area contributed by atoms with Crippen molar-refractivity contribution in [2.24, 2.45) is 5.92 Å². The Morgan fingerprint density at radius 3 is 1.87 bits per heavy atom. The molecule has 6 heteroatoms. The summed E-state index contributed by atoms with van der Waals surface area (Å²) in [6, 6.07) is 34.3. The van der Waals surface area contributed by atoms with Gasteiger partial charge in [0.2, 0.25) is 0 Å². The Morgan fingerprint density at radius 1 is 0.711 bits per heavy atom. The summed E-state index contributed by atoms with van der Waals surface area (Å²) in [4.78, 5) is 2.43. The molecular weight excluding hydrogens is 573 g/mol. The third-order valence-electron chi connectivity index (χ3n) is 6.25. The Kier molecular flexibility index (Phi) is 10.3. The number of aryl methyl sites for hydroxylation is 2. The number of nitrogens with one attached hydrogen (secondary N) is 1. The van der Waals surface area contributed by atoms with Crippen LogP contribution >= 0.6 is 0 Å². The van der Waals surface area contributed by atoms with E-state index in [0.717, 1.165) is 37.8 Å². The molecule has 198 valence electrons. The van der Waals surface area contributed by atoms with Gasteiger partial charge in [-0.1, -0.05) is 0 Å². The molecule has 4 aromatic rings. The number of hydrogen-bond donors (Lipinski definition) is 1. The van der Waals surface area contributed by atoms with Crippen LogP contribution in [0.2, 0.25) is 0 Å². The predicted molar refractivity (Wildman–Crippen MR) is 161 cm³/mol. The SMILES string of the molecule is Cc1ccc([S@](=O)c2ccccc2[C@H]([Se]c2ccccc2)[C@H](CC(C)C)N[S@@](=O)c2ccc(C)cc2)cc1. The molecule has 4 aromatic carbocycles. The van der Waals surface area contributed by atoms with Crippen molar-refractivity contribution in [3.8, 4) is 0 Å². The van der Waals surface area contributed by atoms with Gasteiger partial charge in [-0.15, -0.1) is 0 Å². The predicted octanol–water partition coefficient (Wildman–Crippen LogP) is 6.27. The van der Waals surface area contributed by atoms with E-state index in [1.54, 1.807) is 0 Å². The van der Waals surface area contributed by atoms with Crippen LogP contribution in [0.5, 0.6) is 0 Å². The first-order valence-corrected chi connectivity index (χ1v) is 17.0. The van der Waals surface area contributed by atoms with Crippen LogP contribution in [0.4, 0.5) is 0 Å². The van der Waals surface area contributed by atoms with E-state index in [0.29, 0.717) is 5.92 Å². The first kappa shape index (κ1) is 28.7. The van der Waals surface area contributed by atoms with E-state index in [1.165, 1.54) is 4.46 Å². The quantitative estimate of drug-likeness (QED) is 0.204. The summed E-state index contributed by atoms with van der Waals surface area (Å²) in [5.41, 5.74) is 3.35. The van der Waals surface area contributed by atoms with Crippen LogP contribution in [0.1, 0.15) is 41.8 Å². The third-order valence-corrected chi connectivity index (χ3v) is 11.8. The van der Waals surface area contributed by atoms with Gasteiger partial charge in [-0.2, -0.15) is 0 Å². The monoisotopic (exact) mass is 609 g/mol. The van der Waals surface area contributed by atoms with Crippen molar-refractivity contribution in [2.45, 2.75) is 59.7 Å². The minimum absolute atomic E-state index is 0.0128. The van der Waals surface area contributed by atoms with Gasteiger partial charge in [0.15, 0.2) is 0 Å². The van der Waals surface area contributed by atoms with Crippen LogP contribution in [0, 0.1) is 19.8 Å². The van der Waals surface area contributed by atoms with E-state index in [9.17, 15) is 8.42 Å². The van der Waals surface area contributed by atoms with Gasteiger partial charge in [-0.25, -0.2) is 0 Å². The van der Waals surface area contributed by atoms with Crippen LogP contribution in [0.3, 0.4) is 0 Å². The summed E-state index contributed by atoms with van der Waals surface area (Å²) in [6.45, 7) is 8.47. The first-order chi connectivity index (χ1) is 18.3. The molecule has 4 rings (SSSR count). The van der Waals surface area contributed by atoms with E-state index in [1.807, 2.05) is 86.6 Å². The van der Waals surface area contributed by atoms with Crippen molar-refractivity contribution in [1.82, 2.24) is 4.72 Å². The molecule has 0 aromatic heterocycles. The summed E-state index contributed by atoms with van der Waals surface area (Å²) < 4.78 is 32.2. The minimum atomic E-state index is -1.36. The zero-order chi connectivity index (χ0) is 27.1. The van der Waals surface area contributed by atoms with Crippen LogP contribution < -0.4 is 9.18 Å². The molecule has 3 nitrogen and oxygen atoms in total. The Labute approximate surface area is 238 Å². The fourth-order valence-electron chi connectivity index (χ4n) is 4.29. The zero-order valence-corrected chi connectivity index (χ0v) is 25.6. The molecule has 0 heterocycles.